The number of nitrogens with one attached hydrogen (secondary N) is 1. The fourth-order valence-electron chi connectivity index (χ4n) is 2.41. The number of hydrogen-bond donors (Lipinski definition) is 1. The Morgan fingerprint density at radius 1 is 1.38 bits per heavy atom. The van der Waals surface area contributed by atoms with Gasteiger partial charge in [0.25, 0.3) is 0 Å². The van der Waals surface area contributed by atoms with Crippen molar-refractivity contribution in [2.75, 3.05) is 6.54 Å². The third kappa shape index (κ3) is 1.37. The summed E-state index contributed by atoms with van der Waals surface area (Å²) in [6, 6.07) is 0.444. The molecule has 1 N–H and O–H groups in total. The molecular weight excluding hydrogens is 200 g/mol. The van der Waals surface area contributed by atoms with Crippen LogP contribution in [0.5, 0.6) is 0 Å². The van der Waals surface area contributed by atoms with Gasteiger partial charge in [-0.15, -0.1) is 0 Å². The van der Waals surface area contributed by atoms with Gasteiger partial charge in [-0.2, -0.15) is 10.2 Å². The standard InChI is InChI=1S/C12H16N4/c1-8(2)16-7-9-3-4-11-12(9)10(6-14-16)5-13-15-11/h5-6,8,13H,3-4,7H2,1-2H3. The van der Waals surface area contributed by atoms with Crippen molar-refractivity contribution < 1.29 is 0 Å². The summed E-state index contributed by atoms with van der Waals surface area (Å²) in [6.07, 6.45) is 6.08. The molecule has 0 saturated carbocycles. The highest BCUT2D eigenvalue weighted by Crippen LogP contribution is 2.32. The number of hydrogen-bond acceptors (Lipinski definition) is 4. The van der Waals surface area contributed by atoms with Crippen LogP contribution in [-0.4, -0.2) is 29.5 Å². The Balaban J connectivity index is 2.03. The first-order valence-corrected chi connectivity index (χ1v) is 5.81. The summed E-state index contributed by atoms with van der Waals surface area (Å²) in [5.74, 6) is 0. The van der Waals surface area contributed by atoms with E-state index in [0.29, 0.717) is 6.04 Å². The zero-order chi connectivity index (χ0) is 11.1. The lowest BCUT2D eigenvalue weighted by Gasteiger charge is -2.22. The zero-order valence-electron chi connectivity index (χ0n) is 9.70. The van der Waals surface area contributed by atoms with Gasteiger partial charge >= 0.3 is 0 Å². The molecule has 0 amide bonds. The molecule has 0 atom stereocenters. The highest BCUT2D eigenvalue weighted by Gasteiger charge is 2.28. The van der Waals surface area contributed by atoms with Crippen LogP contribution >= 0.6 is 0 Å². The van der Waals surface area contributed by atoms with Crippen LogP contribution in [0.3, 0.4) is 0 Å². The largest absolute Gasteiger partial charge is 0.290 e. The second kappa shape index (κ2) is 3.47. The van der Waals surface area contributed by atoms with Gasteiger partial charge in [-0.3, -0.25) is 10.4 Å². The number of rotatable bonds is 1. The molecule has 3 aliphatic rings. The van der Waals surface area contributed by atoms with Crippen molar-refractivity contribution in [2.45, 2.75) is 32.7 Å². The van der Waals surface area contributed by atoms with E-state index in [9.17, 15) is 0 Å². The van der Waals surface area contributed by atoms with Crippen molar-refractivity contribution in [3.05, 3.63) is 22.9 Å². The minimum atomic E-state index is 0.444. The van der Waals surface area contributed by atoms with Crippen LogP contribution in [0.15, 0.2) is 33.1 Å². The zero-order valence-corrected chi connectivity index (χ0v) is 9.70. The van der Waals surface area contributed by atoms with Crippen LogP contribution in [0.25, 0.3) is 0 Å². The van der Waals surface area contributed by atoms with E-state index in [2.05, 4.69) is 34.5 Å². The normalized spacial score (nSPS) is 22.8. The molecule has 84 valence electrons. The van der Waals surface area contributed by atoms with E-state index in [-0.39, 0.29) is 0 Å². The smallest absolute Gasteiger partial charge is 0.0689 e. The topological polar surface area (TPSA) is 40.0 Å². The van der Waals surface area contributed by atoms with Crippen LogP contribution < -0.4 is 5.43 Å². The number of nitrogens with zero attached hydrogens (tertiary/aromatic N) is 3. The van der Waals surface area contributed by atoms with Gasteiger partial charge in [-0.05, 0) is 32.3 Å². The summed E-state index contributed by atoms with van der Waals surface area (Å²) in [6.45, 7) is 5.29. The van der Waals surface area contributed by atoms with Crippen molar-refractivity contribution in [3.8, 4) is 0 Å². The first-order valence-electron chi connectivity index (χ1n) is 5.81. The van der Waals surface area contributed by atoms with Crippen LogP contribution in [0, 0.1) is 0 Å². The lowest BCUT2D eigenvalue weighted by atomic mass is 10.0. The minimum Gasteiger partial charge on any atom is -0.290 e. The molecule has 0 spiro atoms. The first-order chi connectivity index (χ1) is 7.75. The van der Waals surface area contributed by atoms with Gasteiger partial charge in [-0.25, -0.2) is 0 Å². The van der Waals surface area contributed by atoms with Gasteiger partial charge < -0.3 is 0 Å². The molecule has 0 radical (unpaired) electrons. The van der Waals surface area contributed by atoms with Gasteiger partial charge in [0.1, 0.15) is 0 Å². The van der Waals surface area contributed by atoms with E-state index in [1.807, 2.05) is 12.4 Å². The molecule has 3 rings (SSSR count). The van der Waals surface area contributed by atoms with Crippen LogP contribution in [0.2, 0.25) is 0 Å². The van der Waals surface area contributed by atoms with E-state index in [1.54, 1.807) is 0 Å². The molecule has 0 aromatic rings. The third-order valence-corrected chi connectivity index (χ3v) is 3.31. The molecule has 4 nitrogen and oxygen atoms in total. The molecule has 16 heavy (non-hydrogen) atoms. The maximum atomic E-state index is 4.53. The Kier molecular flexibility index (Phi) is 2.09. The first kappa shape index (κ1) is 9.63. The average Bonchev–Trinajstić information content (AvgIpc) is 2.56. The van der Waals surface area contributed by atoms with Crippen molar-refractivity contribution in [3.63, 3.8) is 0 Å². The van der Waals surface area contributed by atoms with Crippen molar-refractivity contribution in [1.29, 1.82) is 0 Å². The van der Waals surface area contributed by atoms with Crippen LogP contribution in [-0.2, 0) is 0 Å². The predicted molar refractivity (Wildman–Crippen MR) is 65.2 cm³/mol. The van der Waals surface area contributed by atoms with E-state index in [4.69, 9.17) is 0 Å². The maximum Gasteiger partial charge on any atom is 0.0689 e. The monoisotopic (exact) mass is 216 g/mol. The quantitative estimate of drug-likeness (QED) is 0.723. The van der Waals surface area contributed by atoms with Crippen molar-refractivity contribution in [2.24, 2.45) is 10.2 Å². The number of allylic oxidation sites excluding steroid dienone is 2. The summed E-state index contributed by atoms with van der Waals surface area (Å²) < 4.78 is 0. The highest BCUT2D eigenvalue weighted by molar-refractivity contribution is 6.13. The van der Waals surface area contributed by atoms with Gasteiger partial charge in [0, 0.05) is 23.4 Å². The van der Waals surface area contributed by atoms with Crippen LogP contribution in [0.1, 0.15) is 26.7 Å². The predicted octanol–water partition coefficient (Wildman–Crippen LogP) is 1.63. The molecular formula is C12H16N4. The summed E-state index contributed by atoms with van der Waals surface area (Å²) in [5, 5.41) is 11.0. The lowest BCUT2D eigenvalue weighted by Crippen LogP contribution is -2.26. The molecule has 1 aliphatic carbocycles. The van der Waals surface area contributed by atoms with Crippen LogP contribution in [0.4, 0.5) is 0 Å². The second-order valence-corrected chi connectivity index (χ2v) is 4.70. The van der Waals surface area contributed by atoms with E-state index < -0.39 is 0 Å². The van der Waals surface area contributed by atoms with E-state index in [0.717, 1.165) is 19.4 Å². The van der Waals surface area contributed by atoms with Gasteiger partial charge in [-0.1, -0.05) is 0 Å². The summed E-state index contributed by atoms with van der Waals surface area (Å²) in [7, 11) is 0. The Morgan fingerprint density at radius 3 is 3.06 bits per heavy atom. The molecule has 0 aromatic heterocycles. The molecule has 0 fully saturated rings. The van der Waals surface area contributed by atoms with Gasteiger partial charge in [0.05, 0.1) is 18.5 Å². The van der Waals surface area contributed by atoms with Gasteiger partial charge in [0.2, 0.25) is 0 Å². The Hall–Kier alpha value is -1.58. The minimum absolute atomic E-state index is 0.444. The number of hydrazone groups is 2. The fourth-order valence-corrected chi connectivity index (χ4v) is 2.41. The molecule has 4 heteroatoms. The third-order valence-electron chi connectivity index (χ3n) is 3.31. The van der Waals surface area contributed by atoms with Crippen molar-refractivity contribution in [1.82, 2.24) is 10.4 Å². The Bertz CT molecular complexity index is 440. The molecule has 0 unspecified atom stereocenters. The SMILES string of the molecule is CC(C)N1CC2=C3C(=CNN=C3CC2)C=N1. The highest BCUT2D eigenvalue weighted by atomic mass is 15.5. The van der Waals surface area contributed by atoms with Gasteiger partial charge in [0.15, 0.2) is 0 Å². The fraction of sp³-hybridized carbons (Fsp3) is 0.500. The molecule has 0 aromatic carbocycles. The molecule has 2 heterocycles. The molecule has 0 bridgehead atoms. The molecule has 2 aliphatic heterocycles. The summed E-state index contributed by atoms with van der Waals surface area (Å²) in [4.78, 5) is 0. The lowest BCUT2D eigenvalue weighted by molar-refractivity contribution is 0.253. The van der Waals surface area contributed by atoms with Crippen molar-refractivity contribution >= 4 is 11.9 Å². The maximum absolute atomic E-state index is 4.53. The Morgan fingerprint density at radius 2 is 2.25 bits per heavy atom. The Labute approximate surface area is 95.4 Å². The second-order valence-electron chi connectivity index (χ2n) is 4.70. The van der Waals surface area contributed by atoms with E-state index >= 15 is 0 Å². The molecule has 0 saturated heterocycles. The summed E-state index contributed by atoms with van der Waals surface area (Å²) >= 11 is 0. The summed E-state index contributed by atoms with van der Waals surface area (Å²) in [5.41, 5.74) is 8.17. The van der Waals surface area contributed by atoms with E-state index in [1.165, 1.54) is 22.4 Å². The average molecular weight is 216 g/mol.